The Bertz CT molecular complexity index is 567. The molecular weight excluding hydrogens is 326 g/mol. The number of nitrogens with zero attached hydrogens (tertiary/aromatic N) is 2. The molecule has 0 aromatic carbocycles. The summed E-state index contributed by atoms with van der Waals surface area (Å²) in [7, 11) is 0. The number of thioether (sulfide) groups is 1. The summed E-state index contributed by atoms with van der Waals surface area (Å²) >= 11 is 1.49. The lowest BCUT2D eigenvalue weighted by Crippen LogP contribution is -2.38. The normalized spacial score (nSPS) is 12.1. The summed E-state index contributed by atoms with van der Waals surface area (Å²) in [5, 5.41) is 3.53. The lowest BCUT2D eigenvalue weighted by atomic mass is 10.1. The number of aryl methyl sites for hydroxylation is 2. The van der Waals surface area contributed by atoms with Crippen LogP contribution in [-0.4, -0.2) is 40.7 Å². The molecule has 1 aromatic heterocycles. The highest BCUT2D eigenvalue weighted by Crippen LogP contribution is 2.17. The molecule has 0 aliphatic rings. The Labute approximate surface area is 148 Å². The second-order valence-electron chi connectivity index (χ2n) is 6.12. The smallest absolute Gasteiger partial charge is 0.306 e. The lowest BCUT2D eigenvalue weighted by Gasteiger charge is -2.17. The van der Waals surface area contributed by atoms with E-state index in [0.717, 1.165) is 22.1 Å². The van der Waals surface area contributed by atoms with Gasteiger partial charge in [0, 0.05) is 23.9 Å². The molecule has 7 heteroatoms. The van der Waals surface area contributed by atoms with Crippen molar-refractivity contribution >= 4 is 23.6 Å². The van der Waals surface area contributed by atoms with Crippen molar-refractivity contribution in [3.05, 3.63) is 17.0 Å². The fourth-order valence-corrected chi connectivity index (χ4v) is 2.53. The number of hydrogen-bond donors (Lipinski definition) is 1. The fourth-order valence-electron chi connectivity index (χ4n) is 2.07. The first-order valence-electron chi connectivity index (χ1n) is 8.07. The van der Waals surface area contributed by atoms with Gasteiger partial charge in [0.05, 0.1) is 0 Å². The predicted octanol–water partition coefficient (Wildman–Crippen LogP) is 2.45. The van der Waals surface area contributed by atoms with E-state index in [2.05, 4.69) is 15.3 Å². The first kappa shape index (κ1) is 20.4. The molecule has 0 saturated carbocycles. The van der Waals surface area contributed by atoms with Gasteiger partial charge in [-0.05, 0) is 44.9 Å². The molecule has 134 valence electrons. The number of nitrogens with one attached hydrogen (secondary N) is 1. The zero-order valence-electron chi connectivity index (χ0n) is 15.3. The van der Waals surface area contributed by atoms with Crippen LogP contribution in [0, 0.1) is 19.8 Å². The van der Waals surface area contributed by atoms with Crippen molar-refractivity contribution in [3.8, 4) is 0 Å². The summed E-state index contributed by atoms with van der Waals surface area (Å²) in [6.45, 7) is 9.55. The molecule has 6 nitrogen and oxygen atoms in total. The van der Waals surface area contributed by atoms with Crippen molar-refractivity contribution in [2.24, 2.45) is 5.92 Å². The van der Waals surface area contributed by atoms with Gasteiger partial charge in [-0.3, -0.25) is 9.59 Å². The Morgan fingerprint density at radius 2 is 1.75 bits per heavy atom. The van der Waals surface area contributed by atoms with Crippen molar-refractivity contribution in [1.29, 1.82) is 0 Å². The third-order valence-corrected chi connectivity index (χ3v) is 4.46. The van der Waals surface area contributed by atoms with Crippen LogP contribution in [0.15, 0.2) is 5.16 Å². The van der Waals surface area contributed by atoms with Crippen molar-refractivity contribution in [2.45, 2.75) is 58.7 Å². The van der Waals surface area contributed by atoms with Gasteiger partial charge in [0.25, 0.3) is 5.91 Å². The van der Waals surface area contributed by atoms with Gasteiger partial charge in [0.15, 0.2) is 11.8 Å². The molecule has 0 aliphatic carbocycles. The van der Waals surface area contributed by atoms with E-state index in [9.17, 15) is 9.59 Å². The van der Waals surface area contributed by atoms with E-state index in [4.69, 9.17) is 4.74 Å². The van der Waals surface area contributed by atoms with E-state index in [1.54, 1.807) is 0 Å². The second-order valence-corrected chi connectivity index (χ2v) is 6.89. The highest BCUT2D eigenvalue weighted by molar-refractivity contribution is 7.98. The molecule has 0 spiro atoms. The highest BCUT2D eigenvalue weighted by atomic mass is 32.2. The van der Waals surface area contributed by atoms with Gasteiger partial charge in [-0.1, -0.05) is 25.6 Å². The van der Waals surface area contributed by atoms with Crippen LogP contribution in [0.1, 0.15) is 44.1 Å². The van der Waals surface area contributed by atoms with E-state index in [1.165, 1.54) is 11.8 Å². The Kier molecular flexibility index (Phi) is 8.18. The van der Waals surface area contributed by atoms with Gasteiger partial charge in [-0.25, -0.2) is 9.97 Å². The van der Waals surface area contributed by atoms with Crippen molar-refractivity contribution in [1.82, 2.24) is 15.3 Å². The number of aromatic nitrogens is 2. The number of rotatable bonds is 8. The summed E-state index contributed by atoms with van der Waals surface area (Å²) in [6.07, 6.45) is 2.64. The van der Waals surface area contributed by atoms with E-state index < -0.39 is 5.97 Å². The summed E-state index contributed by atoms with van der Waals surface area (Å²) in [5.74, 6) is -0.334. The third-order valence-electron chi connectivity index (χ3n) is 3.91. The van der Waals surface area contributed by atoms with Crippen LogP contribution in [0.5, 0.6) is 0 Å². The van der Waals surface area contributed by atoms with Crippen molar-refractivity contribution in [2.75, 3.05) is 12.9 Å². The first-order chi connectivity index (χ1) is 11.2. The van der Waals surface area contributed by atoms with Gasteiger partial charge in [0.2, 0.25) is 0 Å². The van der Waals surface area contributed by atoms with E-state index in [0.29, 0.717) is 12.3 Å². The van der Waals surface area contributed by atoms with Crippen LogP contribution in [0.4, 0.5) is 0 Å². The number of ether oxygens (including phenoxy) is 1. The molecule has 0 aliphatic heterocycles. The van der Waals surface area contributed by atoms with Crippen LogP contribution in [-0.2, 0) is 20.7 Å². The zero-order chi connectivity index (χ0) is 18.3. The van der Waals surface area contributed by atoms with Crippen LogP contribution < -0.4 is 5.32 Å². The van der Waals surface area contributed by atoms with Crippen LogP contribution in [0.25, 0.3) is 0 Å². The fraction of sp³-hybridized carbons (Fsp3) is 0.647. The van der Waals surface area contributed by atoms with Gasteiger partial charge < -0.3 is 10.1 Å². The maximum Gasteiger partial charge on any atom is 0.306 e. The molecule has 1 heterocycles. The molecule has 1 N–H and O–H groups in total. The minimum Gasteiger partial charge on any atom is -0.456 e. The molecule has 0 bridgehead atoms. The quantitative estimate of drug-likeness (QED) is 0.439. The average molecular weight is 353 g/mol. The van der Waals surface area contributed by atoms with E-state index in [-0.39, 0.29) is 25.0 Å². The molecule has 0 radical (unpaired) electrons. The third kappa shape index (κ3) is 6.47. The van der Waals surface area contributed by atoms with Gasteiger partial charge >= 0.3 is 5.97 Å². The molecular formula is C17H27N3O3S. The first-order valence-corrected chi connectivity index (χ1v) is 9.30. The Hall–Kier alpha value is -1.63. The highest BCUT2D eigenvalue weighted by Gasteiger charge is 2.14. The van der Waals surface area contributed by atoms with Gasteiger partial charge in [-0.15, -0.1) is 0 Å². The maximum atomic E-state index is 11.8. The number of carbonyl (C=O) groups excluding carboxylic acids is 2. The predicted molar refractivity (Wildman–Crippen MR) is 95.0 cm³/mol. The topological polar surface area (TPSA) is 81.2 Å². The molecule has 1 unspecified atom stereocenters. The van der Waals surface area contributed by atoms with Crippen LogP contribution >= 0.6 is 11.8 Å². The van der Waals surface area contributed by atoms with E-state index in [1.807, 2.05) is 40.9 Å². The summed E-state index contributed by atoms with van der Waals surface area (Å²) in [5.41, 5.74) is 2.72. The minimum atomic E-state index is -0.393. The minimum absolute atomic E-state index is 0.0496. The molecule has 1 atom stereocenters. The zero-order valence-corrected chi connectivity index (χ0v) is 16.1. The number of amides is 1. The standard InChI is InChI=1S/C17H27N3O3S/c1-10(2)11(3)18-15(21)9-23-16(22)8-7-14-12(4)19-17(24-6)20-13(14)5/h10-11H,7-9H2,1-6H3,(H,18,21). The Morgan fingerprint density at radius 1 is 1.17 bits per heavy atom. The Balaban J connectivity index is 2.46. The molecule has 0 saturated heterocycles. The lowest BCUT2D eigenvalue weighted by molar-refractivity contribution is -0.148. The van der Waals surface area contributed by atoms with Crippen molar-refractivity contribution in [3.63, 3.8) is 0 Å². The molecule has 24 heavy (non-hydrogen) atoms. The molecule has 1 rings (SSSR count). The molecule has 1 amide bonds. The monoisotopic (exact) mass is 353 g/mol. The number of esters is 1. The van der Waals surface area contributed by atoms with Gasteiger partial charge in [-0.2, -0.15) is 0 Å². The summed E-state index contributed by atoms with van der Waals surface area (Å²) in [6, 6.07) is 0.0496. The summed E-state index contributed by atoms with van der Waals surface area (Å²) in [4.78, 5) is 32.3. The summed E-state index contributed by atoms with van der Waals surface area (Å²) < 4.78 is 5.03. The average Bonchev–Trinajstić information content (AvgIpc) is 2.51. The van der Waals surface area contributed by atoms with E-state index >= 15 is 0 Å². The number of carbonyl (C=O) groups is 2. The van der Waals surface area contributed by atoms with Crippen LogP contribution in [0.2, 0.25) is 0 Å². The molecule has 1 aromatic rings. The SMILES string of the molecule is CSc1nc(C)c(CCC(=O)OCC(=O)NC(C)C(C)C)c(C)n1. The van der Waals surface area contributed by atoms with Crippen molar-refractivity contribution < 1.29 is 14.3 Å². The maximum absolute atomic E-state index is 11.8. The van der Waals surface area contributed by atoms with Crippen LogP contribution in [0.3, 0.4) is 0 Å². The van der Waals surface area contributed by atoms with Gasteiger partial charge in [0.1, 0.15) is 0 Å². The largest absolute Gasteiger partial charge is 0.456 e. The Morgan fingerprint density at radius 3 is 2.25 bits per heavy atom. The second kappa shape index (κ2) is 9.61. The molecule has 0 fully saturated rings. The number of hydrogen-bond acceptors (Lipinski definition) is 6.